The van der Waals surface area contributed by atoms with Gasteiger partial charge in [-0.25, -0.2) is 4.79 Å². The molecule has 0 saturated carbocycles. The first kappa shape index (κ1) is 12.3. The van der Waals surface area contributed by atoms with E-state index in [0.717, 1.165) is 0 Å². The fraction of sp³-hybridized carbons (Fsp3) is 0.571. The number of carbonyl (C=O) groups is 1. The third-order valence-electron chi connectivity index (χ3n) is 0.878. The molecular formula is C7H11NO3S2. The van der Waals surface area contributed by atoms with Crippen LogP contribution in [-0.4, -0.2) is 31.4 Å². The van der Waals surface area contributed by atoms with Crippen LogP contribution >= 0.6 is 21.6 Å². The van der Waals surface area contributed by atoms with E-state index < -0.39 is 6.09 Å². The summed E-state index contributed by atoms with van der Waals surface area (Å²) in [5, 5.41) is 2.35. The van der Waals surface area contributed by atoms with Gasteiger partial charge in [0.1, 0.15) is 12.7 Å². The van der Waals surface area contributed by atoms with E-state index in [2.05, 4.69) is 16.2 Å². The van der Waals surface area contributed by atoms with E-state index in [9.17, 15) is 4.79 Å². The SMILES string of the molecule is C#COCSSCCOC(=O)NC. The number of terminal acetylenes is 1. The van der Waals surface area contributed by atoms with Crippen molar-refractivity contribution in [3.05, 3.63) is 0 Å². The van der Waals surface area contributed by atoms with Gasteiger partial charge in [0.2, 0.25) is 0 Å². The zero-order chi connectivity index (χ0) is 9.94. The summed E-state index contributed by atoms with van der Waals surface area (Å²) in [6.07, 6.45) is 6.50. The molecule has 0 bridgehead atoms. The lowest BCUT2D eigenvalue weighted by Gasteiger charge is -2.02. The quantitative estimate of drug-likeness (QED) is 0.317. The summed E-state index contributed by atoms with van der Waals surface area (Å²) in [5.74, 6) is 1.16. The van der Waals surface area contributed by atoms with Crippen LogP contribution in [0.15, 0.2) is 0 Å². The van der Waals surface area contributed by atoms with Gasteiger partial charge in [0, 0.05) is 12.8 Å². The third-order valence-corrected chi connectivity index (χ3v) is 2.88. The van der Waals surface area contributed by atoms with E-state index in [1.807, 2.05) is 0 Å². The summed E-state index contributed by atoms with van der Waals surface area (Å²) >= 11 is 0. The summed E-state index contributed by atoms with van der Waals surface area (Å²) < 4.78 is 9.36. The van der Waals surface area contributed by atoms with E-state index >= 15 is 0 Å². The minimum Gasteiger partial charge on any atom is -0.449 e. The van der Waals surface area contributed by atoms with Gasteiger partial charge in [-0.3, -0.25) is 0 Å². The van der Waals surface area contributed by atoms with Crippen molar-refractivity contribution in [3.63, 3.8) is 0 Å². The zero-order valence-corrected chi connectivity index (χ0v) is 8.87. The Balaban J connectivity index is 3.00. The standard InChI is InChI=1S/C7H11NO3S2/c1-3-10-6-13-12-5-4-11-7(9)8-2/h1H,4-6H2,2H3,(H,8,9). The minimum absolute atomic E-state index is 0.382. The fourth-order valence-corrected chi connectivity index (χ4v) is 1.75. The predicted octanol–water partition coefficient (Wildman–Crippen LogP) is 1.29. The molecule has 74 valence electrons. The van der Waals surface area contributed by atoms with Crippen LogP contribution in [0.1, 0.15) is 0 Å². The summed E-state index contributed by atoms with van der Waals surface area (Å²) in [7, 11) is 4.53. The second-order valence-corrected chi connectivity index (χ2v) is 4.24. The van der Waals surface area contributed by atoms with Crippen molar-refractivity contribution < 1.29 is 14.3 Å². The molecule has 13 heavy (non-hydrogen) atoms. The van der Waals surface area contributed by atoms with Gasteiger partial charge < -0.3 is 14.8 Å². The van der Waals surface area contributed by atoms with Gasteiger partial charge in [0.25, 0.3) is 0 Å². The molecule has 0 rings (SSSR count). The Morgan fingerprint density at radius 3 is 3.00 bits per heavy atom. The summed E-state index contributed by atoms with van der Waals surface area (Å²) in [6.45, 7) is 0.382. The molecule has 0 aromatic carbocycles. The molecule has 0 fully saturated rings. The molecule has 0 saturated heterocycles. The van der Waals surface area contributed by atoms with E-state index in [4.69, 9.17) is 11.2 Å². The van der Waals surface area contributed by atoms with Gasteiger partial charge in [-0.15, -0.1) is 0 Å². The lowest BCUT2D eigenvalue weighted by molar-refractivity contribution is 0.155. The van der Waals surface area contributed by atoms with Crippen LogP contribution in [-0.2, 0) is 9.47 Å². The molecule has 0 aliphatic carbocycles. The van der Waals surface area contributed by atoms with Crippen molar-refractivity contribution in [1.82, 2.24) is 5.32 Å². The summed E-state index contributed by atoms with van der Waals surface area (Å²) in [5.41, 5.74) is 0. The second-order valence-electron chi connectivity index (χ2n) is 1.71. The molecule has 0 aliphatic rings. The van der Waals surface area contributed by atoms with Crippen molar-refractivity contribution in [2.45, 2.75) is 0 Å². The number of hydrogen-bond donors (Lipinski definition) is 1. The Kier molecular flexibility index (Phi) is 8.93. The second kappa shape index (κ2) is 9.42. The number of amides is 1. The van der Waals surface area contributed by atoms with E-state index in [0.29, 0.717) is 18.3 Å². The monoisotopic (exact) mass is 221 g/mol. The lowest BCUT2D eigenvalue weighted by Crippen LogP contribution is -2.20. The van der Waals surface area contributed by atoms with E-state index in [1.165, 1.54) is 28.6 Å². The molecule has 1 N–H and O–H groups in total. The molecule has 0 spiro atoms. The van der Waals surface area contributed by atoms with Crippen LogP contribution in [0.4, 0.5) is 4.79 Å². The van der Waals surface area contributed by atoms with Crippen molar-refractivity contribution in [2.75, 3.05) is 25.3 Å². The zero-order valence-electron chi connectivity index (χ0n) is 7.24. The first-order valence-corrected chi connectivity index (χ1v) is 5.96. The predicted molar refractivity (Wildman–Crippen MR) is 55.2 cm³/mol. The fourth-order valence-electron chi connectivity index (χ4n) is 0.392. The topological polar surface area (TPSA) is 47.6 Å². The van der Waals surface area contributed by atoms with Crippen LogP contribution < -0.4 is 5.32 Å². The molecule has 0 aliphatic heterocycles. The summed E-state index contributed by atoms with van der Waals surface area (Å²) in [6, 6.07) is 0. The first-order valence-electron chi connectivity index (χ1n) is 3.47. The van der Waals surface area contributed by atoms with Crippen molar-refractivity contribution >= 4 is 27.7 Å². The highest BCUT2D eigenvalue weighted by atomic mass is 33.1. The number of rotatable bonds is 6. The highest BCUT2D eigenvalue weighted by molar-refractivity contribution is 8.76. The number of alkyl carbamates (subject to hydrolysis) is 1. The van der Waals surface area contributed by atoms with Gasteiger partial charge in [-0.2, -0.15) is 0 Å². The highest BCUT2D eigenvalue weighted by Gasteiger charge is 1.96. The molecular weight excluding hydrogens is 210 g/mol. The smallest absolute Gasteiger partial charge is 0.406 e. The molecule has 4 nitrogen and oxygen atoms in total. The maximum Gasteiger partial charge on any atom is 0.406 e. The molecule has 0 aromatic heterocycles. The first-order chi connectivity index (χ1) is 6.31. The average Bonchev–Trinajstić information content (AvgIpc) is 2.16. The lowest BCUT2D eigenvalue weighted by atomic mass is 10.8. The Morgan fingerprint density at radius 1 is 1.62 bits per heavy atom. The minimum atomic E-state index is -0.412. The number of hydrogen-bond acceptors (Lipinski definition) is 5. The molecule has 1 amide bonds. The molecule has 0 radical (unpaired) electrons. The maximum atomic E-state index is 10.5. The number of ether oxygens (including phenoxy) is 2. The summed E-state index contributed by atoms with van der Waals surface area (Å²) in [4.78, 5) is 10.5. The largest absolute Gasteiger partial charge is 0.449 e. The average molecular weight is 221 g/mol. The molecule has 6 heteroatoms. The number of nitrogens with one attached hydrogen (secondary N) is 1. The molecule has 0 aromatic rings. The van der Waals surface area contributed by atoms with Gasteiger partial charge in [0.05, 0.1) is 0 Å². The molecule has 0 atom stereocenters. The Hall–Kier alpha value is -0.670. The van der Waals surface area contributed by atoms with Crippen LogP contribution in [0.5, 0.6) is 0 Å². The van der Waals surface area contributed by atoms with Gasteiger partial charge in [0.15, 0.2) is 5.94 Å². The Bertz CT molecular complexity index is 181. The normalized spacial score (nSPS) is 8.62. The van der Waals surface area contributed by atoms with Gasteiger partial charge in [-0.1, -0.05) is 28.0 Å². The van der Waals surface area contributed by atoms with E-state index in [-0.39, 0.29) is 0 Å². The molecule has 0 unspecified atom stereocenters. The van der Waals surface area contributed by atoms with Crippen LogP contribution in [0.25, 0.3) is 0 Å². The Morgan fingerprint density at radius 2 is 2.38 bits per heavy atom. The Labute approximate surface area is 85.5 Å². The van der Waals surface area contributed by atoms with Crippen LogP contribution in [0.3, 0.4) is 0 Å². The van der Waals surface area contributed by atoms with Gasteiger partial charge >= 0.3 is 6.09 Å². The van der Waals surface area contributed by atoms with E-state index in [1.54, 1.807) is 0 Å². The van der Waals surface area contributed by atoms with Crippen LogP contribution in [0, 0.1) is 12.5 Å². The van der Waals surface area contributed by atoms with Crippen molar-refractivity contribution in [2.24, 2.45) is 0 Å². The van der Waals surface area contributed by atoms with Crippen molar-refractivity contribution in [3.8, 4) is 12.5 Å². The van der Waals surface area contributed by atoms with Crippen LogP contribution in [0.2, 0.25) is 0 Å². The van der Waals surface area contributed by atoms with Crippen molar-refractivity contribution in [1.29, 1.82) is 0 Å². The number of carbonyl (C=O) groups excluding carboxylic acids is 1. The molecule has 0 heterocycles. The van der Waals surface area contributed by atoms with Gasteiger partial charge in [-0.05, 0) is 0 Å². The maximum absolute atomic E-state index is 10.5. The highest BCUT2D eigenvalue weighted by Crippen LogP contribution is 2.20. The third kappa shape index (κ3) is 9.24.